The molecule has 0 spiro atoms. The second-order valence-corrected chi connectivity index (χ2v) is 5.53. The average molecular weight is 249 g/mol. The Balaban J connectivity index is 2.00. The predicted molar refractivity (Wildman–Crippen MR) is 74.1 cm³/mol. The van der Waals surface area contributed by atoms with Crippen molar-refractivity contribution < 1.29 is 9.84 Å². The number of para-hydroxylation sites is 2. The van der Waals surface area contributed by atoms with E-state index in [2.05, 4.69) is 5.32 Å². The summed E-state index contributed by atoms with van der Waals surface area (Å²) in [5, 5.41) is 12.9. The van der Waals surface area contributed by atoms with Gasteiger partial charge in [0, 0.05) is 12.0 Å². The first-order valence-corrected chi connectivity index (χ1v) is 6.76. The van der Waals surface area contributed by atoms with Gasteiger partial charge in [-0.15, -0.1) is 0 Å². The standard InChI is InChI=1S/C15H23NO2/c1-12(2)18-14-7-4-3-6-13(14)16-10-15(11-17)8-5-9-15/h3-4,6-7,12,16-17H,5,8-11H2,1-2H3. The van der Waals surface area contributed by atoms with Crippen LogP contribution in [0.2, 0.25) is 0 Å². The van der Waals surface area contributed by atoms with E-state index in [1.807, 2.05) is 38.1 Å². The third kappa shape index (κ3) is 2.96. The molecular formula is C15H23NO2. The lowest BCUT2D eigenvalue weighted by Gasteiger charge is -2.40. The van der Waals surface area contributed by atoms with E-state index in [1.54, 1.807) is 0 Å². The Kier molecular flexibility index (Phi) is 4.12. The predicted octanol–water partition coefficient (Wildman–Crippen LogP) is 3.05. The summed E-state index contributed by atoms with van der Waals surface area (Å²) in [7, 11) is 0. The largest absolute Gasteiger partial charge is 0.489 e. The van der Waals surface area contributed by atoms with Crippen molar-refractivity contribution in [3.63, 3.8) is 0 Å². The van der Waals surface area contributed by atoms with Crippen LogP contribution in [0, 0.1) is 5.41 Å². The lowest BCUT2D eigenvalue weighted by Crippen LogP contribution is -2.39. The van der Waals surface area contributed by atoms with Crippen LogP contribution in [0.3, 0.4) is 0 Å². The first-order chi connectivity index (χ1) is 8.65. The van der Waals surface area contributed by atoms with E-state index in [9.17, 15) is 5.11 Å². The molecule has 3 nitrogen and oxygen atoms in total. The molecule has 2 N–H and O–H groups in total. The Morgan fingerprint density at radius 2 is 2.06 bits per heavy atom. The molecular weight excluding hydrogens is 226 g/mol. The molecule has 3 heteroatoms. The monoisotopic (exact) mass is 249 g/mol. The molecule has 1 aromatic rings. The van der Waals surface area contributed by atoms with Crippen LogP contribution in [0.5, 0.6) is 5.75 Å². The number of anilines is 1. The number of rotatable bonds is 6. The Hall–Kier alpha value is -1.22. The second-order valence-electron chi connectivity index (χ2n) is 5.53. The summed E-state index contributed by atoms with van der Waals surface area (Å²) in [6.07, 6.45) is 3.63. The van der Waals surface area contributed by atoms with E-state index in [-0.39, 0.29) is 18.1 Å². The van der Waals surface area contributed by atoms with E-state index in [4.69, 9.17) is 4.74 Å². The van der Waals surface area contributed by atoms with Crippen molar-refractivity contribution in [2.24, 2.45) is 5.41 Å². The molecule has 1 fully saturated rings. The summed E-state index contributed by atoms with van der Waals surface area (Å²) in [5.74, 6) is 0.889. The fourth-order valence-electron chi connectivity index (χ4n) is 2.32. The van der Waals surface area contributed by atoms with Crippen molar-refractivity contribution in [2.45, 2.75) is 39.2 Å². The van der Waals surface area contributed by atoms with Crippen molar-refractivity contribution in [3.8, 4) is 5.75 Å². The van der Waals surface area contributed by atoms with Crippen LogP contribution in [-0.4, -0.2) is 24.4 Å². The van der Waals surface area contributed by atoms with Crippen LogP contribution < -0.4 is 10.1 Å². The maximum Gasteiger partial charge on any atom is 0.142 e. The molecule has 0 amide bonds. The highest BCUT2D eigenvalue weighted by molar-refractivity contribution is 5.56. The van der Waals surface area contributed by atoms with Gasteiger partial charge in [0.05, 0.1) is 18.4 Å². The van der Waals surface area contributed by atoms with Crippen LogP contribution in [0.1, 0.15) is 33.1 Å². The van der Waals surface area contributed by atoms with Crippen LogP contribution in [0.15, 0.2) is 24.3 Å². The van der Waals surface area contributed by atoms with Crippen molar-refractivity contribution in [1.29, 1.82) is 0 Å². The van der Waals surface area contributed by atoms with E-state index >= 15 is 0 Å². The average Bonchev–Trinajstić information content (AvgIpc) is 2.29. The summed E-state index contributed by atoms with van der Waals surface area (Å²) in [4.78, 5) is 0. The minimum atomic E-state index is 0.0882. The summed E-state index contributed by atoms with van der Waals surface area (Å²) in [5.41, 5.74) is 1.11. The van der Waals surface area contributed by atoms with Crippen LogP contribution in [0.25, 0.3) is 0 Å². The maximum absolute atomic E-state index is 9.46. The van der Waals surface area contributed by atoms with Gasteiger partial charge >= 0.3 is 0 Å². The van der Waals surface area contributed by atoms with Gasteiger partial charge in [-0.1, -0.05) is 18.6 Å². The molecule has 2 rings (SSSR count). The zero-order valence-corrected chi connectivity index (χ0v) is 11.3. The van der Waals surface area contributed by atoms with Gasteiger partial charge in [-0.3, -0.25) is 0 Å². The van der Waals surface area contributed by atoms with Gasteiger partial charge in [-0.2, -0.15) is 0 Å². The molecule has 1 saturated carbocycles. The van der Waals surface area contributed by atoms with Crippen molar-refractivity contribution >= 4 is 5.69 Å². The normalized spacial score (nSPS) is 17.3. The SMILES string of the molecule is CC(C)Oc1ccccc1NCC1(CO)CCC1. The first-order valence-electron chi connectivity index (χ1n) is 6.76. The summed E-state index contributed by atoms with van der Waals surface area (Å²) < 4.78 is 5.77. The lowest BCUT2D eigenvalue weighted by atomic mass is 9.69. The number of hydrogen-bond acceptors (Lipinski definition) is 3. The number of aliphatic hydroxyl groups is 1. The van der Waals surface area contributed by atoms with Gasteiger partial charge in [-0.05, 0) is 38.8 Å². The first kappa shape index (κ1) is 13.2. The molecule has 1 aliphatic rings. The van der Waals surface area contributed by atoms with Crippen molar-refractivity contribution in [1.82, 2.24) is 0 Å². The summed E-state index contributed by atoms with van der Waals surface area (Å²) >= 11 is 0. The van der Waals surface area contributed by atoms with Crippen LogP contribution in [0.4, 0.5) is 5.69 Å². The fraction of sp³-hybridized carbons (Fsp3) is 0.600. The van der Waals surface area contributed by atoms with E-state index in [1.165, 1.54) is 6.42 Å². The number of benzene rings is 1. The molecule has 0 saturated heterocycles. The van der Waals surface area contributed by atoms with Gasteiger partial charge in [-0.25, -0.2) is 0 Å². The summed E-state index contributed by atoms with van der Waals surface area (Å²) in [6.45, 7) is 5.14. The topological polar surface area (TPSA) is 41.5 Å². The fourth-order valence-corrected chi connectivity index (χ4v) is 2.32. The maximum atomic E-state index is 9.46. The minimum Gasteiger partial charge on any atom is -0.489 e. The third-order valence-corrected chi connectivity index (χ3v) is 3.65. The van der Waals surface area contributed by atoms with Crippen LogP contribution >= 0.6 is 0 Å². The smallest absolute Gasteiger partial charge is 0.142 e. The van der Waals surface area contributed by atoms with Crippen molar-refractivity contribution in [2.75, 3.05) is 18.5 Å². The quantitative estimate of drug-likeness (QED) is 0.814. The Bertz CT molecular complexity index is 380. The molecule has 0 unspecified atom stereocenters. The summed E-state index contributed by atoms with van der Waals surface area (Å²) in [6, 6.07) is 7.99. The van der Waals surface area contributed by atoms with Gasteiger partial charge in [0.25, 0.3) is 0 Å². The van der Waals surface area contributed by atoms with Crippen LogP contribution in [-0.2, 0) is 0 Å². The molecule has 0 atom stereocenters. The zero-order chi connectivity index (χ0) is 13.0. The minimum absolute atomic E-state index is 0.0882. The van der Waals surface area contributed by atoms with Gasteiger partial charge in [0.2, 0.25) is 0 Å². The Morgan fingerprint density at radius 1 is 1.33 bits per heavy atom. The molecule has 0 bridgehead atoms. The van der Waals surface area contributed by atoms with Gasteiger partial charge < -0.3 is 15.2 Å². The molecule has 0 radical (unpaired) electrons. The highest BCUT2D eigenvalue weighted by atomic mass is 16.5. The molecule has 1 aromatic carbocycles. The van der Waals surface area contributed by atoms with E-state index in [0.29, 0.717) is 0 Å². The second kappa shape index (κ2) is 5.61. The number of ether oxygens (including phenoxy) is 1. The Labute approximate surface area is 109 Å². The zero-order valence-electron chi connectivity index (χ0n) is 11.3. The van der Waals surface area contributed by atoms with Gasteiger partial charge in [0.1, 0.15) is 5.75 Å². The molecule has 1 aliphatic carbocycles. The van der Waals surface area contributed by atoms with Gasteiger partial charge in [0.15, 0.2) is 0 Å². The molecule has 18 heavy (non-hydrogen) atoms. The number of hydrogen-bond donors (Lipinski definition) is 2. The van der Waals surface area contributed by atoms with E-state index < -0.39 is 0 Å². The number of nitrogens with one attached hydrogen (secondary N) is 1. The molecule has 0 aliphatic heterocycles. The lowest BCUT2D eigenvalue weighted by molar-refractivity contribution is 0.0575. The van der Waals surface area contributed by atoms with Crippen molar-refractivity contribution in [3.05, 3.63) is 24.3 Å². The highest BCUT2D eigenvalue weighted by Crippen LogP contribution is 2.41. The Morgan fingerprint density at radius 3 is 2.61 bits per heavy atom. The number of aliphatic hydroxyl groups excluding tert-OH is 1. The molecule has 0 aromatic heterocycles. The highest BCUT2D eigenvalue weighted by Gasteiger charge is 2.36. The van der Waals surface area contributed by atoms with E-state index in [0.717, 1.165) is 30.8 Å². The molecule has 100 valence electrons. The third-order valence-electron chi connectivity index (χ3n) is 3.65. The molecule has 0 heterocycles.